The van der Waals surface area contributed by atoms with E-state index in [1.165, 1.54) is 11.2 Å². The molecule has 2 aromatic rings. The Balaban J connectivity index is 1.90. The van der Waals surface area contributed by atoms with Gasteiger partial charge in [0.2, 0.25) is 0 Å². The number of nitrogens with one attached hydrogen (secondary N) is 1. The number of aromatic nitrogens is 3. The molecule has 2 amide bonds. The highest BCUT2D eigenvalue weighted by Gasteiger charge is 2.16. The number of carbonyl (C=O) groups is 1. The molecule has 2 rings (SSSR count). The summed E-state index contributed by atoms with van der Waals surface area (Å²) in [4.78, 5) is 20.1. The molecule has 2 heterocycles. The minimum atomic E-state index is -0.187. The first kappa shape index (κ1) is 16.4. The molecule has 7 nitrogen and oxygen atoms in total. The van der Waals surface area contributed by atoms with Crippen LogP contribution in [0.25, 0.3) is 0 Å². The van der Waals surface area contributed by atoms with Gasteiger partial charge in [0.1, 0.15) is 12.7 Å². The van der Waals surface area contributed by atoms with E-state index in [1.54, 1.807) is 27.2 Å². The topological polar surface area (TPSA) is 83.3 Å². The second kappa shape index (κ2) is 7.90. The fraction of sp³-hybridized carbons (Fsp3) is 0.500. The van der Waals surface area contributed by atoms with E-state index in [1.807, 2.05) is 26.0 Å². The van der Waals surface area contributed by atoms with Crippen LogP contribution in [0.15, 0.2) is 24.8 Å². The summed E-state index contributed by atoms with van der Waals surface area (Å²) in [5.74, 6) is 0. The first-order valence-corrected chi connectivity index (χ1v) is 7.94. The van der Waals surface area contributed by atoms with Crippen molar-refractivity contribution >= 4 is 17.4 Å². The Morgan fingerprint density at radius 2 is 2.36 bits per heavy atom. The molecule has 0 bridgehead atoms. The zero-order valence-corrected chi connectivity index (χ0v) is 13.6. The number of aliphatic hydroxyl groups excluding tert-OH is 1. The second-order valence-corrected chi connectivity index (χ2v) is 6.50. The van der Waals surface area contributed by atoms with Crippen molar-refractivity contribution in [2.45, 2.75) is 33.0 Å². The van der Waals surface area contributed by atoms with E-state index in [-0.39, 0.29) is 18.7 Å². The lowest BCUT2D eigenvalue weighted by atomic mass is 10.3. The third-order valence-corrected chi connectivity index (χ3v) is 4.08. The van der Waals surface area contributed by atoms with Gasteiger partial charge in [0, 0.05) is 22.3 Å². The number of aliphatic hydroxyl groups is 1. The first-order chi connectivity index (χ1) is 10.6. The maximum Gasteiger partial charge on any atom is 0.318 e. The SMILES string of the molecule is Cc1ccc(CN(CCO)C(=O)NC(C)Cn2cncn2)s1. The number of rotatable bonds is 7. The van der Waals surface area contributed by atoms with Gasteiger partial charge in [-0.2, -0.15) is 5.10 Å². The summed E-state index contributed by atoms with van der Waals surface area (Å²) < 4.78 is 1.67. The molecule has 0 saturated carbocycles. The lowest BCUT2D eigenvalue weighted by molar-refractivity contribution is 0.171. The van der Waals surface area contributed by atoms with Crippen molar-refractivity contribution in [2.24, 2.45) is 0 Å². The molecule has 0 aliphatic carbocycles. The number of nitrogens with zero attached hydrogens (tertiary/aromatic N) is 4. The average molecular weight is 323 g/mol. The summed E-state index contributed by atoms with van der Waals surface area (Å²) in [6, 6.07) is 3.77. The normalized spacial score (nSPS) is 12.1. The van der Waals surface area contributed by atoms with Crippen LogP contribution in [0, 0.1) is 6.92 Å². The van der Waals surface area contributed by atoms with Crippen molar-refractivity contribution in [3.8, 4) is 0 Å². The van der Waals surface area contributed by atoms with Gasteiger partial charge in [-0.15, -0.1) is 11.3 Å². The molecule has 22 heavy (non-hydrogen) atoms. The van der Waals surface area contributed by atoms with Crippen LogP contribution in [-0.2, 0) is 13.1 Å². The number of carbonyl (C=O) groups excluding carboxylic acids is 1. The highest BCUT2D eigenvalue weighted by Crippen LogP contribution is 2.17. The lowest BCUT2D eigenvalue weighted by Crippen LogP contribution is -2.45. The summed E-state index contributed by atoms with van der Waals surface area (Å²) in [7, 11) is 0. The summed E-state index contributed by atoms with van der Waals surface area (Å²) in [5, 5.41) is 16.1. The predicted molar refractivity (Wildman–Crippen MR) is 84.6 cm³/mol. The Morgan fingerprint density at radius 1 is 1.55 bits per heavy atom. The smallest absolute Gasteiger partial charge is 0.318 e. The molecule has 0 fully saturated rings. The van der Waals surface area contributed by atoms with Crippen molar-refractivity contribution in [1.82, 2.24) is 25.0 Å². The Bertz CT molecular complexity index is 584. The van der Waals surface area contributed by atoms with Crippen molar-refractivity contribution in [3.05, 3.63) is 34.5 Å². The summed E-state index contributed by atoms with van der Waals surface area (Å²) in [5.41, 5.74) is 0. The fourth-order valence-electron chi connectivity index (χ4n) is 2.09. The standard InChI is InChI=1S/C14H21N5O2S/c1-11(7-19-10-15-9-16-19)17-14(21)18(5-6-20)8-13-4-3-12(2)22-13/h3-4,9-11,20H,5-8H2,1-2H3,(H,17,21). The zero-order valence-electron chi connectivity index (χ0n) is 12.8. The molecular formula is C14H21N5O2S. The van der Waals surface area contributed by atoms with E-state index in [9.17, 15) is 4.79 Å². The average Bonchev–Trinajstić information content (AvgIpc) is 3.10. The molecule has 0 radical (unpaired) electrons. The molecule has 0 saturated heterocycles. The molecule has 2 N–H and O–H groups in total. The first-order valence-electron chi connectivity index (χ1n) is 7.12. The Labute approximate surface area is 133 Å². The highest BCUT2D eigenvalue weighted by molar-refractivity contribution is 7.11. The van der Waals surface area contributed by atoms with Crippen LogP contribution >= 0.6 is 11.3 Å². The Kier molecular flexibility index (Phi) is 5.91. The molecule has 1 atom stereocenters. The second-order valence-electron chi connectivity index (χ2n) is 5.13. The minimum absolute atomic E-state index is 0.0603. The van der Waals surface area contributed by atoms with Gasteiger partial charge in [-0.1, -0.05) is 0 Å². The molecule has 0 aliphatic rings. The van der Waals surface area contributed by atoms with E-state index in [4.69, 9.17) is 5.11 Å². The number of aryl methyl sites for hydroxylation is 1. The maximum atomic E-state index is 12.3. The monoisotopic (exact) mass is 323 g/mol. The number of hydrogen-bond acceptors (Lipinski definition) is 5. The van der Waals surface area contributed by atoms with Crippen molar-refractivity contribution in [1.29, 1.82) is 0 Å². The van der Waals surface area contributed by atoms with E-state index in [0.29, 0.717) is 19.6 Å². The van der Waals surface area contributed by atoms with Crippen LogP contribution in [0.5, 0.6) is 0 Å². The summed E-state index contributed by atoms with van der Waals surface area (Å²) in [6.07, 6.45) is 3.08. The Hall–Kier alpha value is -1.93. The van der Waals surface area contributed by atoms with Gasteiger partial charge < -0.3 is 15.3 Å². The van der Waals surface area contributed by atoms with Gasteiger partial charge in [0.05, 0.1) is 19.7 Å². The molecule has 1 unspecified atom stereocenters. The van der Waals surface area contributed by atoms with Crippen LogP contribution in [0.4, 0.5) is 4.79 Å². The maximum absolute atomic E-state index is 12.3. The molecule has 120 valence electrons. The molecule has 2 aromatic heterocycles. The van der Waals surface area contributed by atoms with E-state index in [0.717, 1.165) is 4.88 Å². The van der Waals surface area contributed by atoms with Gasteiger partial charge >= 0.3 is 6.03 Å². The van der Waals surface area contributed by atoms with Gasteiger partial charge in [0.15, 0.2) is 0 Å². The van der Waals surface area contributed by atoms with Crippen molar-refractivity contribution in [2.75, 3.05) is 13.2 Å². The number of thiophene rings is 1. The lowest BCUT2D eigenvalue weighted by Gasteiger charge is -2.24. The van der Waals surface area contributed by atoms with Crippen LogP contribution in [0.3, 0.4) is 0 Å². The van der Waals surface area contributed by atoms with Crippen LogP contribution in [0.2, 0.25) is 0 Å². The third-order valence-electron chi connectivity index (χ3n) is 3.10. The van der Waals surface area contributed by atoms with E-state index < -0.39 is 0 Å². The number of urea groups is 1. The fourth-order valence-corrected chi connectivity index (χ4v) is 2.99. The zero-order chi connectivity index (χ0) is 15.9. The van der Waals surface area contributed by atoms with E-state index in [2.05, 4.69) is 15.4 Å². The summed E-state index contributed by atoms with van der Waals surface area (Å²) in [6.45, 7) is 5.24. The third kappa shape index (κ3) is 4.81. The molecule has 0 spiro atoms. The van der Waals surface area contributed by atoms with Crippen molar-refractivity contribution < 1.29 is 9.90 Å². The quantitative estimate of drug-likeness (QED) is 0.803. The van der Waals surface area contributed by atoms with Crippen LogP contribution in [-0.4, -0.2) is 50.0 Å². The molecular weight excluding hydrogens is 302 g/mol. The Morgan fingerprint density at radius 3 is 2.95 bits per heavy atom. The number of hydrogen-bond donors (Lipinski definition) is 2. The minimum Gasteiger partial charge on any atom is -0.395 e. The predicted octanol–water partition coefficient (Wildman–Crippen LogP) is 1.24. The van der Waals surface area contributed by atoms with E-state index >= 15 is 0 Å². The van der Waals surface area contributed by atoms with Gasteiger partial charge in [-0.25, -0.2) is 9.78 Å². The summed E-state index contributed by atoms with van der Waals surface area (Å²) >= 11 is 1.66. The van der Waals surface area contributed by atoms with Crippen molar-refractivity contribution in [3.63, 3.8) is 0 Å². The molecule has 8 heteroatoms. The number of amides is 2. The van der Waals surface area contributed by atoms with Gasteiger partial charge in [-0.3, -0.25) is 4.68 Å². The highest BCUT2D eigenvalue weighted by atomic mass is 32.1. The van der Waals surface area contributed by atoms with Gasteiger partial charge in [-0.05, 0) is 26.0 Å². The van der Waals surface area contributed by atoms with Gasteiger partial charge in [0.25, 0.3) is 0 Å². The molecule has 0 aromatic carbocycles. The largest absolute Gasteiger partial charge is 0.395 e. The van der Waals surface area contributed by atoms with Crippen LogP contribution < -0.4 is 5.32 Å². The van der Waals surface area contributed by atoms with Crippen LogP contribution in [0.1, 0.15) is 16.7 Å². The molecule has 0 aliphatic heterocycles.